The molecule has 0 bridgehead atoms. The van der Waals surface area contributed by atoms with E-state index >= 15 is 0 Å². The van der Waals surface area contributed by atoms with Gasteiger partial charge in [-0.1, -0.05) is 6.92 Å². The summed E-state index contributed by atoms with van der Waals surface area (Å²) in [5.74, 6) is 6.75. The SMILES string of the molecule is CCCn1ccnc1CC(NN)c1cn(C)nc1C. The van der Waals surface area contributed by atoms with Crippen LogP contribution in [-0.4, -0.2) is 19.3 Å². The van der Waals surface area contributed by atoms with E-state index in [1.165, 1.54) is 0 Å². The molecule has 1 unspecified atom stereocenters. The van der Waals surface area contributed by atoms with Gasteiger partial charge in [0.2, 0.25) is 0 Å². The highest BCUT2D eigenvalue weighted by molar-refractivity contribution is 5.21. The summed E-state index contributed by atoms with van der Waals surface area (Å²) in [5, 5.41) is 4.36. The van der Waals surface area contributed by atoms with E-state index in [0.29, 0.717) is 0 Å². The molecule has 0 fully saturated rings. The monoisotopic (exact) mass is 262 g/mol. The summed E-state index contributed by atoms with van der Waals surface area (Å²) in [4.78, 5) is 4.42. The molecule has 0 amide bonds. The first-order chi connectivity index (χ1) is 9.15. The van der Waals surface area contributed by atoms with Crippen molar-refractivity contribution in [2.45, 2.75) is 39.3 Å². The first kappa shape index (κ1) is 13.8. The van der Waals surface area contributed by atoms with Crippen molar-refractivity contribution in [3.05, 3.63) is 35.7 Å². The molecule has 0 aliphatic carbocycles. The molecule has 6 heteroatoms. The minimum absolute atomic E-state index is 0.0340. The molecular weight excluding hydrogens is 240 g/mol. The van der Waals surface area contributed by atoms with Crippen LogP contribution in [0.25, 0.3) is 0 Å². The molecule has 2 aromatic heterocycles. The molecule has 0 radical (unpaired) electrons. The van der Waals surface area contributed by atoms with Crippen LogP contribution in [0.4, 0.5) is 0 Å². The van der Waals surface area contributed by atoms with Gasteiger partial charge in [0.1, 0.15) is 5.82 Å². The van der Waals surface area contributed by atoms with Gasteiger partial charge in [-0.25, -0.2) is 4.98 Å². The number of nitrogens with zero attached hydrogens (tertiary/aromatic N) is 4. The molecule has 1 atom stereocenters. The minimum Gasteiger partial charge on any atom is -0.335 e. The molecular formula is C13H22N6. The van der Waals surface area contributed by atoms with Crippen LogP contribution in [0.3, 0.4) is 0 Å². The Kier molecular flexibility index (Phi) is 4.34. The van der Waals surface area contributed by atoms with E-state index in [1.54, 1.807) is 0 Å². The topological polar surface area (TPSA) is 73.7 Å². The van der Waals surface area contributed by atoms with Crippen LogP contribution < -0.4 is 11.3 Å². The van der Waals surface area contributed by atoms with E-state index in [-0.39, 0.29) is 6.04 Å². The molecule has 6 nitrogen and oxygen atoms in total. The van der Waals surface area contributed by atoms with Gasteiger partial charge < -0.3 is 4.57 Å². The Bertz CT molecular complexity index is 527. The highest BCUT2D eigenvalue weighted by atomic mass is 15.3. The van der Waals surface area contributed by atoms with Crippen molar-refractivity contribution in [3.63, 3.8) is 0 Å². The van der Waals surface area contributed by atoms with Crippen LogP contribution in [0, 0.1) is 6.92 Å². The Morgan fingerprint density at radius 1 is 1.47 bits per heavy atom. The predicted octanol–water partition coefficient (Wildman–Crippen LogP) is 1.08. The zero-order valence-corrected chi connectivity index (χ0v) is 11.8. The third-order valence-corrected chi connectivity index (χ3v) is 3.28. The molecule has 0 aliphatic heterocycles. The fourth-order valence-electron chi connectivity index (χ4n) is 2.38. The minimum atomic E-state index is 0.0340. The molecule has 0 saturated carbocycles. The molecule has 0 spiro atoms. The maximum Gasteiger partial charge on any atom is 0.110 e. The number of imidazole rings is 1. The van der Waals surface area contributed by atoms with Gasteiger partial charge in [-0.3, -0.25) is 16.0 Å². The highest BCUT2D eigenvalue weighted by Crippen LogP contribution is 2.19. The van der Waals surface area contributed by atoms with Gasteiger partial charge >= 0.3 is 0 Å². The van der Waals surface area contributed by atoms with Gasteiger partial charge in [0, 0.05) is 44.2 Å². The number of aromatic nitrogens is 4. The molecule has 3 N–H and O–H groups in total. The third-order valence-electron chi connectivity index (χ3n) is 3.28. The number of hydrogen-bond donors (Lipinski definition) is 2. The predicted molar refractivity (Wildman–Crippen MR) is 74.2 cm³/mol. The Morgan fingerprint density at radius 3 is 2.84 bits per heavy atom. The van der Waals surface area contributed by atoms with E-state index in [2.05, 4.69) is 27.0 Å². The van der Waals surface area contributed by atoms with Crippen LogP contribution >= 0.6 is 0 Å². The lowest BCUT2D eigenvalue weighted by Gasteiger charge is -2.16. The summed E-state index contributed by atoms with van der Waals surface area (Å²) in [6.07, 6.45) is 7.72. The van der Waals surface area contributed by atoms with Crippen molar-refractivity contribution < 1.29 is 0 Å². The Labute approximate surface area is 113 Å². The average molecular weight is 262 g/mol. The summed E-state index contributed by atoms with van der Waals surface area (Å²) in [6.45, 7) is 5.14. The van der Waals surface area contributed by atoms with Crippen LogP contribution in [-0.2, 0) is 20.0 Å². The summed E-state index contributed by atoms with van der Waals surface area (Å²) >= 11 is 0. The van der Waals surface area contributed by atoms with E-state index in [1.807, 2.05) is 37.2 Å². The maximum absolute atomic E-state index is 5.70. The van der Waals surface area contributed by atoms with E-state index in [9.17, 15) is 0 Å². The van der Waals surface area contributed by atoms with Gasteiger partial charge in [0.25, 0.3) is 0 Å². The standard InChI is InChI=1S/C13H22N6/c1-4-6-19-7-5-15-13(19)8-12(16-14)11-9-18(3)17-10(11)2/h5,7,9,12,16H,4,6,8,14H2,1-3H3. The lowest BCUT2D eigenvalue weighted by molar-refractivity contribution is 0.515. The maximum atomic E-state index is 5.70. The van der Waals surface area contributed by atoms with Crippen molar-refractivity contribution in [2.75, 3.05) is 0 Å². The summed E-state index contributed by atoms with van der Waals surface area (Å²) in [7, 11) is 1.92. The lowest BCUT2D eigenvalue weighted by Crippen LogP contribution is -2.30. The molecule has 2 aromatic rings. The van der Waals surface area contributed by atoms with Crippen molar-refractivity contribution in [1.29, 1.82) is 0 Å². The molecule has 2 rings (SSSR count). The van der Waals surface area contributed by atoms with Gasteiger partial charge in [0.15, 0.2) is 0 Å². The number of hydrazine groups is 1. The largest absolute Gasteiger partial charge is 0.335 e. The second-order valence-corrected chi connectivity index (χ2v) is 4.80. The number of aryl methyl sites for hydroxylation is 3. The van der Waals surface area contributed by atoms with Crippen LogP contribution in [0.1, 0.15) is 36.5 Å². The van der Waals surface area contributed by atoms with Gasteiger partial charge in [-0.05, 0) is 13.3 Å². The number of rotatable bonds is 6. The summed E-state index contributed by atoms with van der Waals surface area (Å²) < 4.78 is 3.99. The summed E-state index contributed by atoms with van der Waals surface area (Å²) in [5.41, 5.74) is 4.99. The van der Waals surface area contributed by atoms with Crippen molar-refractivity contribution in [2.24, 2.45) is 12.9 Å². The number of hydrogen-bond acceptors (Lipinski definition) is 4. The summed E-state index contributed by atoms with van der Waals surface area (Å²) in [6, 6.07) is 0.0340. The molecule has 104 valence electrons. The van der Waals surface area contributed by atoms with Crippen molar-refractivity contribution >= 4 is 0 Å². The third kappa shape index (κ3) is 3.02. The van der Waals surface area contributed by atoms with Gasteiger partial charge in [-0.15, -0.1) is 0 Å². The number of nitrogens with one attached hydrogen (secondary N) is 1. The first-order valence-corrected chi connectivity index (χ1v) is 6.62. The fourth-order valence-corrected chi connectivity index (χ4v) is 2.38. The smallest absolute Gasteiger partial charge is 0.110 e. The van der Waals surface area contributed by atoms with Crippen LogP contribution in [0.5, 0.6) is 0 Å². The number of nitrogens with two attached hydrogens (primary N) is 1. The second kappa shape index (κ2) is 5.99. The Morgan fingerprint density at radius 2 is 2.26 bits per heavy atom. The van der Waals surface area contributed by atoms with Crippen LogP contribution in [0.2, 0.25) is 0 Å². The quantitative estimate of drug-likeness (QED) is 0.603. The zero-order valence-electron chi connectivity index (χ0n) is 11.8. The second-order valence-electron chi connectivity index (χ2n) is 4.80. The van der Waals surface area contributed by atoms with E-state index in [4.69, 9.17) is 5.84 Å². The molecule has 0 saturated heterocycles. The van der Waals surface area contributed by atoms with Crippen molar-refractivity contribution in [3.8, 4) is 0 Å². The molecule has 2 heterocycles. The average Bonchev–Trinajstić information content (AvgIpc) is 2.94. The van der Waals surface area contributed by atoms with Gasteiger partial charge in [0.05, 0.1) is 11.7 Å². The fraction of sp³-hybridized carbons (Fsp3) is 0.538. The molecule has 0 aliphatic rings. The normalized spacial score (nSPS) is 12.8. The Balaban J connectivity index is 2.19. The van der Waals surface area contributed by atoms with E-state index in [0.717, 1.165) is 36.5 Å². The van der Waals surface area contributed by atoms with Gasteiger partial charge in [-0.2, -0.15) is 5.10 Å². The van der Waals surface area contributed by atoms with E-state index < -0.39 is 0 Å². The molecule has 19 heavy (non-hydrogen) atoms. The lowest BCUT2D eigenvalue weighted by atomic mass is 10.1. The highest BCUT2D eigenvalue weighted by Gasteiger charge is 2.18. The van der Waals surface area contributed by atoms with Crippen LogP contribution in [0.15, 0.2) is 18.6 Å². The zero-order chi connectivity index (χ0) is 13.8. The van der Waals surface area contributed by atoms with Crippen molar-refractivity contribution in [1.82, 2.24) is 24.8 Å². The first-order valence-electron chi connectivity index (χ1n) is 6.62. The molecule has 0 aromatic carbocycles. The Hall–Kier alpha value is -1.66.